The monoisotopic (exact) mass is 403 g/mol. The smallest absolute Gasteiger partial charge is 0.220 e. The number of hydrogen-bond donors (Lipinski definition) is 1. The molecule has 0 heterocycles. The summed E-state index contributed by atoms with van der Waals surface area (Å²) in [5.74, 6) is 2.03. The molecule has 5 heteroatoms. The summed E-state index contributed by atoms with van der Waals surface area (Å²) in [6.07, 6.45) is 1.07. The highest BCUT2D eigenvalue weighted by atomic mass is 35.5. The maximum atomic E-state index is 12.3. The minimum atomic E-state index is -0.0620. The van der Waals surface area contributed by atoms with Gasteiger partial charge in [-0.1, -0.05) is 25.4 Å². The first kappa shape index (κ1) is 22.1. The zero-order chi connectivity index (χ0) is 20.7. The van der Waals surface area contributed by atoms with Gasteiger partial charge in [-0.3, -0.25) is 4.79 Å². The Morgan fingerprint density at radius 1 is 1.11 bits per heavy atom. The van der Waals surface area contributed by atoms with Gasteiger partial charge >= 0.3 is 0 Å². The number of amides is 1. The second-order valence-corrected chi connectivity index (χ2v) is 7.74. The molecular formula is C23H30ClNO3. The van der Waals surface area contributed by atoms with Crippen molar-refractivity contribution in [1.82, 2.24) is 5.32 Å². The number of halogens is 1. The number of methoxy groups -OCH3 is 1. The molecule has 0 fully saturated rings. The Labute approximate surface area is 173 Å². The zero-order valence-electron chi connectivity index (χ0n) is 17.3. The standard InChI is InChI=1S/C23H30ClNO3/c1-15(2)20-14-21(16(3)13-22(20)27-5)17(4)25-23(26)7-6-12-28-19-10-8-18(24)9-11-19/h8-11,13-15,17H,6-7,12H2,1-5H3,(H,25,26)/t17-/m0/s1. The Hall–Kier alpha value is -2.20. The number of rotatable bonds is 9. The molecule has 2 aromatic rings. The molecule has 1 amide bonds. The van der Waals surface area contributed by atoms with E-state index in [9.17, 15) is 4.79 Å². The lowest BCUT2D eigenvalue weighted by Crippen LogP contribution is -2.27. The maximum absolute atomic E-state index is 12.3. The number of aryl methyl sites for hydroxylation is 1. The van der Waals surface area contributed by atoms with Gasteiger partial charge in [-0.05, 0) is 79.3 Å². The highest BCUT2D eigenvalue weighted by molar-refractivity contribution is 6.30. The fourth-order valence-corrected chi connectivity index (χ4v) is 3.28. The highest BCUT2D eigenvalue weighted by Crippen LogP contribution is 2.32. The second-order valence-electron chi connectivity index (χ2n) is 7.30. The van der Waals surface area contributed by atoms with Crippen LogP contribution in [-0.2, 0) is 4.79 Å². The predicted octanol–water partition coefficient (Wildman–Crippen LogP) is 5.82. The first-order valence-corrected chi connectivity index (χ1v) is 10.1. The van der Waals surface area contributed by atoms with E-state index >= 15 is 0 Å². The van der Waals surface area contributed by atoms with Crippen molar-refractivity contribution in [3.63, 3.8) is 0 Å². The third-order valence-electron chi connectivity index (χ3n) is 4.71. The normalized spacial score (nSPS) is 12.0. The van der Waals surface area contributed by atoms with Crippen molar-refractivity contribution in [2.75, 3.05) is 13.7 Å². The van der Waals surface area contributed by atoms with Gasteiger partial charge in [-0.25, -0.2) is 0 Å². The van der Waals surface area contributed by atoms with E-state index in [-0.39, 0.29) is 11.9 Å². The second kappa shape index (κ2) is 10.4. The number of hydrogen-bond acceptors (Lipinski definition) is 3. The number of nitrogens with one attached hydrogen (secondary N) is 1. The number of benzene rings is 2. The average Bonchev–Trinajstić information content (AvgIpc) is 2.65. The van der Waals surface area contributed by atoms with Crippen LogP contribution in [0.25, 0.3) is 0 Å². The van der Waals surface area contributed by atoms with Crippen LogP contribution in [0, 0.1) is 6.92 Å². The molecule has 0 bridgehead atoms. The van der Waals surface area contributed by atoms with Gasteiger partial charge in [0.15, 0.2) is 0 Å². The summed E-state index contributed by atoms with van der Waals surface area (Å²) < 4.78 is 11.1. The van der Waals surface area contributed by atoms with E-state index in [2.05, 4.69) is 25.2 Å². The molecule has 0 aliphatic carbocycles. The van der Waals surface area contributed by atoms with E-state index in [4.69, 9.17) is 21.1 Å². The van der Waals surface area contributed by atoms with Crippen molar-refractivity contribution in [1.29, 1.82) is 0 Å². The highest BCUT2D eigenvalue weighted by Gasteiger charge is 2.16. The minimum Gasteiger partial charge on any atom is -0.496 e. The van der Waals surface area contributed by atoms with E-state index in [1.807, 2.05) is 32.0 Å². The van der Waals surface area contributed by atoms with Crippen molar-refractivity contribution in [2.24, 2.45) is 0 Å². The van der Waals surface area contributed by atoms with Gasteiger partial charge < -0.3 is 14.8 Å². The Balaban J connectivity index is 1.87. The summed E-state index contributed by atoms with van der Waals surface area (Å²) in [7, 11) is 1.69. The Kier molecular flexibility index (Phi) is 8.18. The predicted molar refractivity (Wildman–Crippen MR) is 115 cm³/mol. The molecule has 0 radical (unpaired) electrons. The molecule has 0 spiro atoms. The largest absolute Gasteiger partial charge is 0.496 e. The molecule has 2 rings (SSSR count). The fraction of sp³-hybridized carbons (Fsp3) is 0.435. The molecule has 0 aromatic heterocycles. The summed E-state index contributed by atoms with van der Waals surface area (Å²) in [6, 6.07) is 11.3. The van der Waals surface area contributed by atoms with E-state index in [1.54, 1.807) is 19.2 Å². The lowest BCUT2D eigenvalue weighted by atomic mass is 9.93. The van der Waals surface area contributed by atoms with Gasteiger partial charge in [0.05, 0.1) is 19.8 Å². The Bertz CT molecular complexity index is 787. The molecule has 152 valence electrons. The van der Waals surface area contributed by atoms with E-state index in [1.165, 1.54) is 0 Å². The third-order valence-corrected chi connectivity index (χ3v) is 4.97. The lowest BCUT2D eigenvalue weighted by molar-refractivity contribution is -0.121. The van der Waals surface area contributed by atoms with Gasteiger partial charge in [0.25, 0.3) is 0 Å². The zero-order valence-corrected chi connectivity index (χ0v) is 18.1. The van der Waals surface area contributed by atoms with Crippen LogP contribution in [-0.4, -0.2) is 19.6 Å². The van der Waals surface area contributed by atoms with Crippen LogP contribution in [0.15, 0.2) is 36.4 Å². The van der Waals surface area contributed by atoms with Crippen molar-refractivity contribution in [3.8, 4) is 11.5 Å². The van der Waals surface area contributed by atoms with Gasteiger partial charge in [0.1, 0.15) is 11.5 Å². The van der Waals surface area contributed by atoms with E-state index in [0.717, 1.165) is 28.2 Å². The molecular weight excluding hydrogens is 374 g/mol. The van der Waals surface area contributed by atoms with Gasteiger partial charge in [0.2, 0.25) is 5.91 Å². The molecule has 1 atom stereocenters. The van der Waals surface area contributed by atoms with E-state index < -0.39 is 0 Å². The molecule has 0 unspecified atom stereocenters. The van der Waals surface area contributed by atoms with Crippen LogP contribution < -0.4 is 14.8 Å². The van der Waals surface area contributed by atoms with Crippen LogP contribution in [0.2, 0.25) is 5.02 Å². The molecule has 28 heavy (non-hydrogen) atoms. The molecule has 0 aliphatic heterocycles. The number of ether oxygens (including phenoxy) is 2. The fourth-order valence-electron chi connectivity index (χ4n) is 3.16. The molecule has 2 aromatic carbocycles. The first-order valence-electron chi connectivity index (χ1n) is 9.68. The van der Waals surface area contributed by atoms with Crippen LogP contribution in [0.4, 0.5) is 0 Å². The van der Waals surface area contributed by atoms with Crippen molar-refractivity contribution in [2.45, 2.75) is 52.5 Å². The van der Waals surface area contributed by atoms with Crippen LogP contribution in [0.5, 0.6) is 11.5 Å². The molecule has 0 saturated heterocycles. The molecule has 1 N–H and O–H groups in total. The first-order chi connectivity index (χ1) is 13.3. The van der Waals surface area contributed by atoms with Crippen LogP contribution in [0.3, 0.4) is 0 Å². The van der Waals surface area contributed by atoms with Crippen LogP contribution in [0.1, 0.15) is 62.3 Å². The number of carbonyl (C=O) groups excluding carboxylic acids is 1. The maximum Gasteiger partial charge on any atom is 0.220 e. The molecule has 0 aliphatic rings. The van der Waals surface area contributed by atoms with Crippen LogP contribution >= 0.6 is 11.6 Å². The number of carbonyl (C=O) groups is 1. The molecule has 4 nitrogen and oxygen atoms in total. The summed E-state index contributed by atoms with van der Waals surface area (Å²) in [5.41, 5.74) is 3.39. The third kappa shape index (κ3) is 6.16. The lowest BCUT2D eigenvalue weighted by Gasteiger charge is -2.21. The van der Waals surface area contributed by atoms with Gasteiger partial charge in [-0.15, -0.1) is 0 Å². The molecule has 0 saturated carbocycles. The minimum absolute atomic E-state index is 0.0218. The quantitative estimate of drug-likeness (QED) is 0.537. The van der Waals surface area contributed by atoms with Gasteiger partial charge in [-0.2, -0.15) is 0 Å². The average molecular weight is 404 g/mol. The SMILES string of the molecule is COc1cc(C)c([C@H](C)NC(=O)CCCOc2ccc(Cl)cc2)cc1C(C)C. The summed E-state index contributed by atoms with van der Waals surface area (Å²) >= 11 is 5.85. The Morgan fingerprint density at radius 3 is 2.39 bits per heavy atom. The summed E-state index contributed by atoms with van der Waals surface area (Å²) in [4.78, 5) is 12.3. The van der Waals surface area contributed by atoms with E-state index in [0.29, 0.717) is 30.4 Å². The Morgan fingerprint density at radius 2 is 1.79 bits per heavy atom. The van der Waals surface area contributed by atoms with Crippen molar-refractivity contribution < 1.29 is 14.3 Å². The van der Waals surface area contributed by atoms with Crippen molar-refractivity contribution in [3.05, 3.63) is 58.1 Å². The topological polar surface area (TPSA) is 47.6 Å². The van der Waals surface area contributed by atoms with Crippen molar-refractivity contribution >= 4 is 17.5 Å². The summed E-state index contributed by atoms with van der Waals surface area (Å²) in [5, 5.41) is 3.77. The summed E-state index contributed by atoms with van der Waals surface area (Å²) in [6.45, 7) is 8.83. The van der Waals surface area contributed by atoms with Gasteiger partial charge in [0, 0.05) is 11.4 Å².